The Morgan fingerprint density at radius 1 is 1.31 bits per heavy atom. The molecule has 0 spiro atoms. The van der Waals surface area contributed by atoms with Gasteiger partial charge in [-0.15, -0.1) is 0 Å². The number of hydrogen-bond donors (Lipinski definition) is 4. The summed E-state index contributed by atoms with van der Waals surface area (Å²) in [5, 5.41) is 12.6. The minimum atomic E-state index is -0.175. The molecule has 0 aliphatic heterocycles. The molecule has 4 N–H and O–H groups in total. The highest BCUT2D eigenvalue weighted by molar-refractivity contribution is 7.98. The van der Waals surface area contributed by atoms with Gasteiger partial charge in [0.15, 0.2) is 0 Å². The van der Waals surface area contributed by atoms with Crippen LogP contribution in [0.3, 0.4) is 0 Å². The van der Waals surface area contributed by atoms with E-state index >= 15 is 0 Å². The summed E-state index contributed by atoms with van der Waals surface area (Å²) < 4.78 is 0. The van der Waals surface area contributed by atoms with E-state index in [4.69, 9.17) is 0 Å². The van der Waals surface area contributed by atoms with Crippen LogP contribution in [-0.2, 0) is 12.2 Å². The lowest BCUT2D eigenvalue weighted by Gasteiger charge is -2.06. The van der Waals surface area contributed by atoms with E-state index in [1.165, 1.54) is 0 Å². The average Bonchev–Trinajstić information content (AvgIpc) is 3.02. The molecule has 1 aromatic carbocycles. The van der Waals surface area contributed by atoms with Crippen molar-refractivity contribution in [1.29, 1.82) is 0 Å². The van der Waals surface area contributed by atoms with Gasteiger partial charge in [-0.2, -0.15) is 11.8 Å². The monoisotopic (exact) mass is 371 g/mol. The fraction of sp³-hybridized carbons (Fsp3) is 0.278. The van der Waals surface area contributed by atoms with Gasteiger partial charge in [0.25, 0.3) is 5.56 Å². The van der Waals surface area contributed by atoms with Crippen molar-refractivity contribution >= 4 is 17.7 Å². The molecule has 3 aromatic rings. The van der Waals surface area contributed by atoms with Crippen LogP contribution in [0.4, 0.5) is 5.95 Å². The zero-order valence-electron chi connectivity index (χ0n) is 14.5. The molecule has 8 heteroatoms. The largest absolute Gasteiger partial charge is 0.508 e. The SMILES string of the molecule is Cc1[nH]cnc1CSCCNc1ncc(Cc2cccc(O)c2)c(=O)[nH]1. The van der Waals surface area contributed by atoms with E-state index in [0.717, 1.165) is 28.5 Å². The third kappa shape index (κ3) is 4.89. The van der Waals surface area contributed by atoms with E-state index in [9.17, 15) is 9.90 Å². The first-order valence-electron chi connectivity index (χ1n) is 8.28. The molecule has 0 unspecified atom stereocenters. The Bertz CT molecular complexity index is 922. The second-order valence-corrected chi connectivity index (χ2v) is 6.99. The molecule has 0 amide bonds. The number of benzene rings is 1. The maximum Gasteiger partial charge on any atom is 0.255 e. The minimum Gasteiger partial charge on any atom is -0.508 e. The fourth-order valence-corrected chi connectivity index (χ4v) is 3.34. The second kappa shape index (κ2) is 8.57. The Balaban J connectivity index is 1.48. The summed E-state index contributed by atoms with van der Waals surface area (Å²) >= 11 is 1.77. The number of aromatic amines is 2. The number of hydrogen-bond acceptors (Lipinski definition) is 6. The fourth-order valence-electron chi connectivity index (χ4n) is 2.47. The highest BCUT2D eigenvalue weighted by atomic mass is 32.2. The van der Waals surface area contributed by atoms with Gasteiger partial charge < -0.3 is 15.4 Å². The van der Waals surface area contributed by atoms with Crippen molar-refractivity contribution in [2.75, 3.05) is 17.6 Å². The Kier molecular flexibility index (Phi) is 5.96. The molecular weight excluding hydrogens is 350 g/mol. The van der Waals surface area contributed by atoms with Gasteiger partial charge in [-0.3, -0.25) is 9.78 Å². The van der Waals surface area contributed by atoms with Gasteiger partial charge in [-0.25, -0.2) is 9.97 Å². The molecule has 7 nitrogen and oxygen atoms in total. The van der Waals surface area contributed by atoms with Gasteiger partial charge in [0.1, 0.15) is 5.75 Å². The van der Waals surface area contributed by atoms with Crippen LogP contribution in [-0.4, -0.2) is 37.3 Å². The molecular formula is C18H21N5O2S. The molecule has 0 aliphatic rings. The molecule has 0 radical (unpaired) electrons. The standard InChI is InChI=1S/C18H21N5O2S/c1-12-16(22-11-21-12)10-26-6-5-19-18-20-9-14(17(25)23-18)7-13-3-2-4-15(24)8-13/h2-4,8-9,11,24H,5-7,10H2,1H3,(H,21,22)(H2,19,20,23,25). The lowest BCUT2D eigenvalue weighted by Crippen LogP contribution is -2.18. The Morgan fingerprint density at radius 3 is 2.92 bits per heavy atom. The topological polar surface area (TPSA) is 107 Å². The number of thioether (sulfide) groups is 1. The molecule has 0 saturated carbocycles. The molecule has 0 aliphatic carbocycles. The van der Waals surface area contributed by atoms with Crippen molar-refractivity contribution in [2.24, 2.45) is 0 Å². The summed E-state index contributed by atoms with van der Waals surface area (Å²) in [5.74, 6) is 2.38. The molecule has 136 valence electrons. The van der Waals surface area contributed by atoms with E-state index in [1.54, 1.807) is 42.5 Å². The molecule has 0 saturated heterocycles. The quantitative estimate of drug-likeness (QED) is 0.453. The molecule has 0 bridgehead atoms. The van der Waals surface area contributed by atoms with Crippen LogP contribution in [0, 0.1) is 6.92 Å². The van der Waals surface area contributed by atoms with Crippen LogP contribution in [0.2, 0.25) is 0 Å². The maximum atomic E-state index is 12.2. The molecule has 2 heterocycles. The predicted molar refractivity (Wildman–Crippen MR) is 104 cm³/mol. The number of nitrogens with zero attached hydrogens (tertiary/aromatic N) is 2. The minimum absolute atomic E-state index is 0.175. The van der Waals surface area contributed by atoms with Crippen LogP contribution in [0.15, 0.2) is 41.6 Å². The number of phenolic OH excluding ortho intramolecular Hbond substituents is 1. The van der Waals surface area contributed by atoms with E-state index < -0.39 is 0 Å². The highest BCUT2D eigenvalue weighted by Crippen LogP contribution is 2.14. The number of phenols is 1. The number of aromatic nitrogens is 4. The third-order valence-electron chi connectivity index (χ3n) is 3.89. The molecule has 0 atom stereocenters. The molecule has 26 heavy (non-hydrogen) atoms. The van der Waals surface area contributed by atoms with Crippen LogP contribution < -0.4 is 10.9 Å². The van der Waals surface area contributed by atoms with Gasteiger partial charge in [0.05, 0.1) is 12.0 Å². The molecule has 0 fully saturated rings. The first-order chi connectivity index (χ1) is 12.6. The van der Waals surface area contributed by atoms with Crippen molar-refractivity contribution in [2.45, 2.75) is 19.1 Å². The first-order valence-corrected chi connectivity index (χ1v) is 9.44. The van der Waals surface area contributed by atoms with E-state index in [0.29, 0.717) is 24.5 Å². The summed E-state index contributed by atoms with van der Waals surface area (Å²) in [4.78, 5) is 26.5. The highest BCUT2D eigenvalue weighted by Gasteiger charge is 2.05. The lowest BCUT2D eigenvalue weighted by atomic mass is 10.1. The normalized spacial score (nSPS) is 10.8. The van der Waals surface area contributed by atoms with E-state index in [2.05, 4.69) is 25.3 Å². The first kappa shape index (κ1) is 18.1. The summed E-state index contributed by atoms with van der Waals surface area (Å²) in [7, 11) is 0. The van der Waals surface area contributed by atoms with E-state index in [1.807, 2.05) is 13.0 Å². The van der Waals surface area contributed by atoms with Crippen molar-refractivity contribution in [3.05, 3.63) is 69.7 Å². The molecule has 3 rings (SSSR count). The van der Waals surface area contributed by atoms with Gasteiger partial charge in [0.2, 0.25) is 5.95 Å². The summed E-state index contributed by atoms with van der Waals surface area (Å²) in [6, 6.07) is 6.86. The Labute approximate surface area is 155 Å². The number of H-pyrrole nitrogens is 2. The number of imidazole rings is 1. The van der Waals surface area contributed by atoms with Gasteiger partial charge >= 0.3 is 0 Å². The summed E-state index contributed by atoms with van der Waals surface area (Å²) in [6.45, 7) is 2.71. The third-order valence-corrected chi connectivity index (χ3v) is 4.86. The number of aromatic hydroxyl groups is 1. The number of nitrogens with one attached hydrogen (secondary N) is 3. The average molecular weight is 371 g/mol. The van der Waals surface area contributed by atoms with Gasteiger partial charge in [-0.05, 0) is 24.6 Å². The zero-order chi connectivity index (χ0) is 18.4. The summed E-state index contributed by atoms with van der Waals surface area (Å²) in [5.41, 5.74) is 3.41. The zero-order valence-corrected chi connectivity index (χ0v) is 15.3. The van der Waals surface area contributed by atoms with Gasteiger partial charge in [-0.1, -0.05) is 12.1 Å². The van der Waals surface area contributed by atoms with Crippen molar-refractivity contribution < 1.29 is 5.11 Å². The van der Waals surface area contributed by atoms with Crippen molar-refractivity contribution in [1.82, 2.24) is 19.9 Å². The van der Waals surface area contributed by atoms with Crippen molar-refractivity contribution in [3.63, 3.8) is 0 Å². The summed E-state index contributed by atoms with van der Waals surface area (Å²) in [6.07, 6.45) is 3.71. The Morgan fingerprint density at radius 2 is 2.19 bits per heavy atom. The lowest BCUT2D eigenvalue weighted by molar-refractivity contribution is 0.474. The van der Waals surface area contributed by atoms with Crippen LogP contribution in [0.1, 0.15) is 22.5 Å². The second-order valence-electron chi connectivity index (χ2n) is 5.89. The van der Waals surface area contributed by atoms with E-state index in [-0.39, 0.29) is 11.3 Å². The Hall–Kier alpha value is -2.74. The number of rotatable bonds is 8. The number of anilines is 1. The van der Waals surface area contributed by atoms with Gasteiger partial charge in [0, 0.05) is 41.9 Å². The maximum absolute atomic E-state index is 12.2. The van der Waals surface area contributed by atoms with Crippen LogP contribution in [0.5, 0.6) is 5.75 Å². The van der Waals surface area contributed by atoms with Crippen LogP contribution >= 0.6 is 11.8 Å². The van der Waals surface area contributed by atoms with Crippen molar-refractivity contribution in [3.8, 4) is 5.75 Å². The number of aryl methyl sites for hydroxylation is 1. The molecule has 2 aromatic heterocycles. The van der Waals surface area contributed by atoms with Crippen LogP contribution in [0.25, 0.3) is 0 Å². The predicted octanol–water partition coefficient (Wildman–Crippen LogP) is 2.44. The smallest absolute Gasteiger partial charge is 0.255 e.